The molecule has 0 N–H and O–H groups in total. The first-order valence-corrected chi connectivity index (χ1v) is 13.5. The molecule has 3 nitrogen and oxygen atoms in total. The quantitative estimate of drug-likeness (QED) is 0.217. The van der Waals surface area contributed by atoms with Gasteiger partial charge in [-0.15, -0.1) is 0 Å². The van der Waals surface area contributed by atoms with E-state index in [1.807, 2.05) is 61.5 Å². The molecule has 4 aromatic carbocycles. The molecule has 0 bridgehead atoms. The zero-order chi connectivity index (χ0) is 26.5. The van der Waals surface area contributed by atoms with E-state index in [0.29, 0.717) is 16.2 Å². The Hall–Kier alpha value is -4.47. The van der Waals surface area contributed by atoms with E-state index < -0.39 is 0 Å². The van der Waals surface area contributed by atoms with Gasteiger partial charge >= 0.3 is 5.63 Å². The van der Waals surface area contributed by atoms with E-state index in [1.54, 1.807) is 0 Å². The summed E-state index contributed by atoms with van der Waals surface area (Å²) in [6.07, 6.45) is 1.92. The van der Waals surface area contributed by atoms with Crippen LogP contribution in [-0.4, -0.2) is 4.98 Å². The van der Waals surface area contributed by atoms with Gasteiger partial charge in [-0.05, 0) is 89.5 Å². The maximum atomic E-state index is 12.9. The summed E-state index contributed by atoms with van der Waals surface area (Å²) in [6.45, 7) is 1.99. The molecular weight excluding hydrogens is 502 g/mol. The fraction of sp³-hybridized carbons (Fsp3) is 0.0857. The lowest BCUT2D eigenvalue weighted by atomic mass is 9.84. The van der Waals surface area contributed by atoms with Crippen molar-refractivity contribution in [1.82, 2.24) is 4.98 Å². The maximum Gasteiger partial charge on any atom is 0.344 e. The molecule has 0 unspecified atom stereocenters. The van der Waals surface area contributed by atoms with Gasteiger partial charge in [-0.3, -0.25) is 0 Å². The normalized spacial score (nSPS) is 12.3. The van der Waals surface area contributed by atoms with E-state index in [1.165, 1.54) is 22.3 Å². The Morgan fingerprint density at radius 3 is 2.31 bits per heavy atom. The maximum absolute atomic E-state index is 12.9. The first-order valence-electron chi connectivity index (χ1n) is 13.1. The second kappa shape index (κ2) is 9.37. The van der Waals surface area contributed by atoms with Crippen LogP contribution in [0.5, 0.6) is 0 Å². The summed E-state index contributed by atoms with van der Waals surface area (Å²) < 4.78 is 5.77. The van der Waals surface area contributed by atoms with Crippen molar-refractivity contribution >= 4 is 22.6 Å². The second-order valence-electron chi connectivity index (χ2n) is 10.0. The number of nitrogens with zero attached hydrogens (tertiary/aromatic N) is 1. The Bertz CT molecular complexity index is 1940. The van der Waals surface area contributed by atoms with Crippen LogP contribution in [0.1, 0.15) is 16.7 Å². The summed E-state index contributed by atoms with van der Waals surface area (Å²) in [6, 6.07) is 34.4. The van der Waals surface area contributed by atoms with Crippen LogP contribution in [0.15, 0.2) is 112 Å². The van der Waals surface area contributed by atoms with Gasteiger partial charge in [-0.1, -0.05) is 78.3 Å². The molecule has 7 rings (SSSR count). The largest absolute Gasteiger partial charge is 0.422 e. The average Bonchev–Trinajstić information content (AvgIpc) is 2.97. The molecule has 0 fully saturated rings. The summed E-state index contributed by atoms with van der Waals surface area (Å²) >= 11 is 6.23. The van der Waals surface area contributed by atoms with Gasteiger partial charge in [-0.25, -0.2) is 9.78 Å². The molecule has 4 heteroatoms. The van der Waals surface area contributed by atoms with Gasteiger partial charge in [0.1, 0.15) is 5.58 Å². The number of halogens is 1. The van der Waals surface area contributed by atoms with E-state index in [9.17, 15) is 4.79 Å². The van der Waals surface area contributed by atoms with Crippen LogP contribution in [0.25, 0.3) is 55.7 Å². The molecule has 6 aromatic rings. The minimum Gasteiger partial charge on any atom is -0.422 e. The third-order valence-corrected chi connectivity index (χ3v) is 7.97. The number of fused-ring (bicyclic) bond motifs is 4. The topological polar surface area (TPSA) is 43.1 Å². The summed E-state index contributed by atoms with van der Waals surface area (Å²) in [5.41, 5.74) is 11.5. The van der Waals surface area contributed by atoms with Crippen molar-refractivity contribution in [3.63, 3.8) is 0 Å². The Morgan fingerprint density at radius 2 is 1.49 bits per heavy atom. The fourth-order valence-corrected chi connectivity index (χ4v) is 5.89. The highest BCUT2D eigenvalue weighted by Crippen LogP contribution is 2.40. The number of aromatic nitrogens is 1. The molecule has 0 amide bonds. The van der Waals surface area contributed by atoms with Crippen LogP contribution in [0, 0.1) is 6.92 Å². The van der Waals surface area contributed by atoms with Crippen molar-refractivity contribution in [2.45, 2.75) is 19.8 Å². The molecule has 0 spiro atoms. The minimum atomic E-state index is -0.326. The van der Waals surface area contributed by atoms with Crippen LogP contribution in [0.2, 0.25) is 5.02 Å². The van der Waals surface area contributed by atoms with Crippen molar-refractivity contribution in [3.8, 4) is 44.8 Å². The summed E-state index contributed by atoms with van der Waals surface area (Å²) in [5.74, 6) is 0. The van der Waals surface area contributed by atoms with Crippen LogP contribution in [0.3, 0.4) is 0 Å². The van der Waals surface area contributed by atoms with Crippen molar-refractivity contribution in [2.24, 2.45) is 0 Å². The van der Waals surface area contributed by atoms with Gasteiger partial charge < -0.3 is 4.42 Å². The molecule has 39 heavy (non-hydrogen) atoms. The number of hydrogen-bond donors (Lipinski definition) is 0. The number of aryl methyl sites for hydroxylation is 2. The van der Waals surface area contributed by atoms with Gasteiger partial charge in [0.2, 0.25) is 0 Å². The summed E-state index contributed by atoms with van der Waals surface area (Å²) in [7, 11) is 0. The van der Waals surface area contributed by atoms with E-state index in [-0.39, 0.29) is 5.63 Å². The predicted molar refractivity (Wildman–Crippen MR) is 159 cm³/mol. The lowest BCUT2D eigenvalue weighted by Gasteiger charge is -2.23. The molecule has 0 radical (unpaired) electrons. The average molecular weight is 526 g/mol. The van der Waals surface area contributed by atoms with Crippen LogP contribution < -0.4 is 5.63 Å². The Labute approximate surface area is 231 Å². The third kappa shape index (κ3) is 4.07. The molecule has 2 aromatic heterocycles. The van der Waals surface area contributed by atoms with E-state index in [4.69, 9.17) is 21.0 Å². The van der Waals surface area contributed by atoms with Gasteiger partial charge in [0, 0.05) is 21.5 Å². The van der Waals surface area contributed by atoms with Crippen LogP contribution in [-0.2, 0) is 12.8 Å². The first-order chi connectivity index (χ1) is 19.1. The van der Waals surface area contributed by atoms with Crippen LogP contribution in [0.4, 0.5) is 0 Å². The molecule has 0 aliphatic heterocycles. The molecular formula is C35H24ClNO2. The summed E-state index contributed by atoms with van der Waals surface area (Å²) in [5, 5.41) is 1.62. The van der Waals surface area contributed by atoms with E-state index in [0.717, 1.165) is 51.9 Å². The lowest BCUT2D eigenvalue weighted by Crippen LogP contribution is -2.08. The highest BCUT2D eigenvalue weighted by Gasteiger charge is 2.23. The standard InChI is InChI=1S/C35H24ClNO2/c1-21-29-19-25(14-18-32(29)39-35(38)33(21)24-8-3-2-4-9-24)31-20-30(23-11-15-26(36)16-12-23)28-17-13-22-7-5-6-10-27(22)34(28)37-31/h2-12,14-16,18-20H,13,17H2,1H3. The molecule has 1 aliphatic rings. The molecule has 2 heterocycles. The Kier molecular flexibility index (Phi) is 5.68. The molecule has 1 aliphatic carbocycles. The second-order valence-corrected chi connectivity index (χ2v) is 10.4. The number of benzene rings is 4. The lowest BCUT2D eigenvalue weighted by molar-refractivity contribution is 0.562. The zero-order valence-electron chi connectivity index (χ0n) is 21.4. The number of rotatable bonds is 3. The van der Waals surface area contributed by atoms with Gasteiger partial charge in [0.05, 0.1) is 17.0 Å². The number of pyridine rings is 1. The highest BCUT2D eigenvalue weighted by atomic mass is 35.5. The van der Waals surface area contributed by atoms with E-state index >= 15 is 0 Å². The van der Waals surface area contributed by atoms with Gasteiger partial charge in [-0.2, -0.15) is 0 Å². The molecule has 0 saturated carbocycles. The molecule has 188 valence electrons. The van der Waals surface area contributed by atoms with Crippen LogP contribution >= 0.6 is 11.6 Å². The van der Waals surface area contributed by atoms with Crippen molar-refractivity contribution in [3.05, 3.63) is 135 Å². The molecule has 0 atom stereocenters. The highest BCUT2D eigenvalue weighted by molar-refractivity contribution is 6.30. The zero-order valence-corrected chi connectivity index (χ0v) is 22.1. The third-order valence-electron chi connectivity index (χ3n) is 7.72. The van der Waals surface area contributed by atoms with Gasteiger partial charge in [0.15, 0.2) is 0 Å². The van der Waals surface area contributed by atoms with Crippen molar-refractivity contribution in [1.29, 1.82) is 0 Å². The summed E-state index contributed by atoms with van der Waals surface area (Å²) in [4.78, 5) is 18.2. The number of hydrogen-bond acceptors (Lipinski definition) is 3. The monoisotopic (exact) mass is 525 g/mol. The van der Waals surface area contributed by atoms with Crippen molar-refractivity contribution in [2.75, 3.05) is 0 Å². The smallest absolute Gasteiger partial charge is 0.344 e. The van der Waals surface area contributed by atoms with Gasteiger partial charge in [0.25, 0.3) is 0 Å². The fourth-order valence-electron chi connectivity index (χ4n) is 5.76. The van der Waals surface area contributed by atoms with Crippen molar-refractivity contribution < 1.29 is 4.42 Å². The predicted octanol–water partition coefficient (Wildman–Crippen LogP) is 8.92. The Balaban J connectivity index is 1.47. The first kappa shape index (κ1) is 23.6. The molecule has 0 saturated heterocycles. The van der Waals surface area contributed by atoms with E-state index in [2.05, 4.69) is 48.5 Å². The minimum absolute atomic E-state index is 0.326. The Morgan fingerprint density at radius 1 is 0.744 bits per heavy atom. The SMILES string of the molecule is Cc1c(-c2ccccc2)c(=O)oc2ccc(-c3cc(-c4ccc(Cl)cc4)c4c(n3)-c3ccccc3CC4)cc12.